The van der Waals surface area contributed by atoms with Gasteiger partial charge in [0.15, 0.2) is 0 Å². The Hall–Kier alpha value is -1.06. The number of hydrogen-bond donors (Lipinski definition) is 2. The Balaban J connectivity index is 2.50. The Labute approximate surface area is 109 Å². The van der Waals surface area contributed by atoms with Crippen LogP contribution in [-0.4, -0.2) is 23.5 Å². The van der Waals surface area contributed by atoms with Gasteiger partial charge in [-0.25, -0.2) is 0 Å². The molecule has 104 valence electrons. The van der Waals surface area contributed by atoms with Gasteiger partial charge in [0.1, 0.15) is 0 Å². The molecular formula is C14H25NO3. The molecule has 1 aliphatic carbocycles. The first kappa shape index (κ1) is 15.0. The van der Waals surface area contributed by atoms with E-state index < -0.39 is 11.4 Å². The van der Waals surface area contributed by atoms with Crippen molar-refractivity contribution in [2.75, 3.05) is 6.54 Å². The molecule has 1 rings (SSSR count). The fraction of sp³-hybridized carbons (Fsp3) is 0.857. The number of aliphatic carboxylic acids is 1. The monoisotopic (exact) mass is 255 g/mol. The van der Waals surface area contributed by atoms with Gasteiger partial charge in [-0.05, 0) is 37.5 Å². The van der Waals surface area contributed by atoms with E-state index >= 15 is 0 Å². The molecule has 0 bridgehead atoms. The Morgan fingerprint density at radius 1 is 1.39 bits per heavy atom. The molecule has 2 N–H and O–H groups in total. The minimum absolute atomic E-state index is 0.0554. The van der Waals surface area contributed by atoms with Crippen LogP contribution in [0, 0.1) is 16.7 Å². The van der Waals surface area contributed by atoms with E-state index in [2.05, 4.69) is 12.2 Å². The summed E-state index contributed by atoms with van der Waals surface area (Å²) in [4.78, 5) is 23.2. The Morgan fingerprint density at radius 2 is 1.94 bits per heavy atom. The molecule has 0 aliphatic heterocycles. The molecule has 0 spiro atoms. The number of carbonyl (C=O) groups excluding carboxylic acids is 1. The fourth-order valence-corrected chi connectivity index (χ4v) is 2.04. The first-order chi connectivity index (χ1) is 8.26. The predicted octanol–water partition coefficient (Wildman–Crippen LogP) is 2.43. The van der Waals surface area contributed by atoms with Gasteiger partial charge in [-0.15, -0.1) is 0 Å². The molecular weight excluding hydrogens is 230 g/mol. The molecule has 0 saturated heterocycles. The number of nitrogens with one attached hydrogen (secondary N) is 1. The van der Waals surface area contributed by atoms with Gasteiger partial charge in [-0.2, -0.15) is 0 Å². The van der Waals surface area contributed by atoms with E-state index in [0.29, 0.717) is 12.0 Å². The average molecular weight is 255 g/mol. The lowest BCUT2D eigenvalue weighted by molar-refractivity contribution is -0.153. The molecule has 1 amide bonds. The molecule has 0 aromatic rings. The number of carboxylic acid groups (broad SMARTS) is 1. The van der Waals surface area contributed by atoms with Gasteiger partial charge in [0.05, 0.1) is 5.41 Å². The first-order valence-corrected chi connectivity index (χ1v) is 6.76. The highest BCUT2D eigenvalue weighted by Crippen LogP contribution is 2.47. The number of rotatable bonds is 7. The van der Waals surface area contributed by atoms with Crippen molar-refractivity contribution in [1.29, 1.82) is 0 Å². The number of carboxylic acids is 1. The maximum Gasteiger partial charge on any atom is 0.310 e. The summed E-state index contributed by atoms with van der Waals surface area (Å²) in [6.45, 7) is 8.16. The van der Waals surface area contributed by atoms with E-state index in [1.165, 1.54) is 12.8 Å². The van der Waals surface area contributed by atoms with Crippen LogP contribution in [0.1, 0.15) is 53.4 Å². The molecule has 1 saturated carbocycles. The van der Waals surface area contributed by atoms with Crippen LogP contribution in [0.4, 0.5) is 0 Å². The number of carbonyl (C=O) groups is 2. The molecule has 0 aromatic carbocycles. The number of amides is 1. The second-order valence-corrected chi connectivity index (χ2v) is 6.18. The minimum Gasteiger partial charge on any atom is -0.481 e. The molecule has 0 radical (unpaired) electrons. The van der Waals surface area contributed by atoms with Crippen LogP contribution in [0.15, 0.2) is 0 Å². The molecule has 0 aromatic heterocycles. The van der Waals surface area contributed by atoms with Crippen molar-refractivity contribution < 1.29 is 14.7 Å². The van der Waals surface area contributed by atoms with Crippen LogP contribution in [-0.2, 0) is 9.59 Å². The van der Waals surface area contributed by atoms with Crippen LogP contribution in [0.3, 0.4) is 0 Å². The lowest BCUT2D eigenvalue weighted by atomic mass is 9.76. The highest BCUT2D eigenvalue weighted by Gasteiger charge is 2.42. The lowest BCUT2D eigenvalue weighted by Gasteiger charge is -2.28. The average Bonchev–Trinajstić information content (AvgIpc) is 3.06. The van der Waals surface area contributed by atoms with Crippen LogP contribution >= 0.6 is 0 Å². The third-order valence-corrected chi connectivity index (χ3v) is 4.66. The molecule has 0 heterocycles. The molecule has 1 atom stereocenters. The van der Waals surface area contributed by atoms with Crippen LogP contribution < -0.4 is 5.32 Å². The maximum atomic E-state index is 11.9. The van der Waals surface area contributed by atoms with Crippen molar-refractivity contribution in [3.05, 3.63) is 0 Å². The van der Waals surface area contributed by atoms with E-state index in [9.17, 15) is 14.7 Å². The van der Waals surface area contributed by atoms with E-state index in [1.807, 2.05) is 13.8 Å². The van der Waals surface area contributed by atoms with Gasteiger partial charge in [0.25, 0.3) is 0 Å². The zero-order chi connectivity index (χ0) is 14.0. The minimum atomic E-state index is -0.979. The highest BCUT2D eigenvalue weighted by molar-refractivity contribution is 5.84. The molecule has 1 fully saturated rings. The summed E-state index contributed by atoms with van der Waals surface area (Å²) >= 11 is 0. The van der Waals surface area contributed by atoms with Crippen LogP contribution in [0.2, 0.25) is 0 Å². The van der Waals surface area contributed by atoms with Crippen molar-refractivity contribution in [3.8, 4) is 0 Å². The largest absolute Gasteiger partial charge is 0.481 e. The van der Waals surface area contributed by atoms with Crippen molar-refractivity contribution in [2.24, 2.45) is 16.7 Å². The Kier molecular flexibility index (Phi) is 4.41. The smallest absolute Gasteiger partial charge is 0.310 e. The van der Waals surface area contributed by atoms with Crippen LogP contribution in [0.5, 0.6) is 0 Å². The SMILES string of the molecule is CCC1(CNC(=O)CC(C)(C(=O)O)C(C)C)CC1. The summed E-state index contributed by atoms with van der Waals surface area (Å²) in [5.74, 6) is -1.11. The lowest BCUT2D eigenvalue weighted by Crippen LogP contribution is -2.40. The summed E-state index contributed by atoms with van der Waals surface area (Å²) < 4.78 is 0. The molecule has 4 heteroatoms. The zero-order valence-corrected chi connectivity index (χ0v) is 11.9. The van der Waals surface area contributed by atoms with Crippen molar-refractivity contribution in [2.45, 2.75) is 53.4 Å². The number of hydrogen-bond acceptors (Lipinski definition) is 2. The molecule has 4 nitrogen and oxygen atoms in total. The molecule has 1 unspecified atom stereocenters. The summed E-state index contributed by atoms with van der Waals surface area (Å²) in [6.07, 6.45) is 3.47. The normalized spacial score (nSPS) is 20.3. The van der Waals surface area contributed by atoms with E-state index in [-0.39, 0.29) is 18.2 Å². The summed E-state index contributed by atoms with van der Waals surface area (Å²) in [5.41, 5.74) is -0.680. The quantitative estimate of drug-likeness (QED) is 0.734. The van der Waals surface area contributed by atoms with Crippen molar-refractivity contribution in [3.63, 3.8) is 0 Å². The topological polar surface area (TPSA) is 66.4 Å². The van der Waals surface area contributed by atoms with Crippen LogP contribution in [0.25, 0.3) is 0 Å². The second-order valence-electron chi connectivity index (χ2n) is 6.18. The third kappa shape index (κ3) is 3.24. The van der Waals surface area contributed by atoms with Crippen molar-refractivity contribution in [1.82, 2.24) is 5.32 Å². The third-order valence-electron chi connectivity index (χ3n) is 4.66. The van der Waals surface area contributed by atoms with Gasteiger partial charge >= 0.3 is 5.97 Å². The van der Waals surface area contributed by atoms with Gasteiger partial charge in [-0.3, -0.25) is 9.59 Å². The zero-order valence-electron chi connectivity index (χ0n) is 11.9. The first-order valence-electron chi connectivity index (χ1n) is 6.76. The highest BCUT2D eigenvalue weighted by atomic mass is 16.4. The van der Waals surface area contributed by atoms with E-state index in [0.717, 1.165) is 6.42 Å². The molecule has 1 aliphatic rings. The van der Waals surface area contributed by atoms with Gasteiger partial charge in [-0.1, -0.05) is 20.8 Å². The van der Waals surface area contributed by atoms with E-state index in [1.54, 1.807) is 6.92 Å². The Bertz CT molecular complexity index is 334. The van der Waals surface area contributed by atoms with Crippen molar-refractivity contribution >= 4 is 11.9 Å². The summed E-state index contributed by atoms with van der Waals surface area (Å²) in [7, 11) is 0. The van der Waals surface area contributed by atoms with E-state index in [4.69, 9.17) is 0 Å². The standard InChI is InChI=1S/C14H25NO3/c1-5-14(6-7-14)9-15-11(16)8-13(4,10(2)3)12(17)18/h10H,5-9H2,1-4H3,(H,15,16)(H,17,18). The van der Waals surface area contributed by atoms with Gasteiger partial charge in [0, 0.05) is 13.0 Å². The van der Waals surface area contributed by atoms with Gasteiger partial charge < -0.3 is 10.4 Å². The Morgan fingerprint density at radius 3 is 2.28 bits per heavy atom. The fourth-order valence-electron chi connectivity index (χ4n) is 2.04. The predicted molar refractivity (Wildman–Crippen MR) is 70.2 cm³/mol. The second kappa shape index (κ2) is 5.29. The summed E-state index contributed by atoms with van der Waals surface area (Å²) in [6, 6.07) is 0. The van der Waals surface area contributed by atoms with Gasteiger partial charge in [0.2, 0.25) is 5.91 Å². The molecule has 18 heavy (non-hydrogen) atoms. The maximum absolute atomic E-state index is 11.9. The summed E-state index contributed by atoms with van der Waals surface area (Å²) in [5, 5.41) is 12.2.